The minimum absolute atomic E-state index is 0.0642. The second-order valence-corrected chi connectivity index (χ2v) is 7.36. The first-order valence-electron chi connectivity index (χ1n) is 6.99. The van der Waals surface area contributed by atoms with Crippen molar-refractivity contribution in [3.8, 4) is 0 Å². The summed E-state index contributed by atoms with van der Waals surface area (Å²) in [5.41, 5.74) is 6.23. The third-order valence-corrected chi connectivity index (χ3v) is 3.89. The van der Waals surface area contributed by atoms with Gasteiger partial charge in [0.2, 0.25) is 5.89 Å². The maximum atomic E-state index is 6.15. The smallest absolute Gasteiger partial charge is 0.240 e. The minimum atomic E-state index is -0.0642. The topological polar surface area (TPSA) is 68.2 Å². The lowest BCUT2D eigenvalue weighted by Gasteiger charge is -2.42. The summed E-state index contributed by atoms with van der Waals surface area (Å²) >= 11 is 0. The molecule has 1 saturated heterocycles. The fourth-order valence-corrected chi connectivity index (χ4v) is 2.43. The van der Waals surface area contributed by atoms with Crippen molar-refractivity contribution in [2.75, 3.05) is 13.1 Å². The number of rotatable bonds is 2. The predicted octanol–water partition coefficient (Wildman–Crippen LogP) is 1.93. The van der Waals surface area contributed by atoms with Crippen LogP contribution in [0.15, 0.2) is 4.52 Å². The highest BCUT2D eigenvalue weighted by molar-refractivity contribution is 5.00. The molecule has 0 bridgehead atoms. The molecule has 5 heteroatoms. The molecule has 0 spiro atoms. The zero-order valence-corrected chi connectivity index (χ0v) is 12.7. The molecule has 1 aliphatic rings. The van der Waals surface area contributed by atoms with E-state index in [0.717, 1.165) is 31.9 Å². The van der Waals surface area contributed by atoms with E-state index in [1.54, 1.807) is 0 Å². The number of aromatic nitrogens is 2. The molecule has 2 N–H and O–H groups in total. The van der Waals surface area contributed by atoms with Crippen molar-refractivity contribution in [2.45, 2.75) is 59.0 Å². The van der Waals surface area contributed by atoms with Crippen LogP contribution in [-0.4, -0.2) is 34.2 Å². The molecule has 0 amide bonds. The van der Waals surface area contributed by atoms with Crippen LogP contribution in [-0.2, 0) is 12.0 Å². The quantitative estimate of drug-likeness (QED) is 0.885. The average molecular weight is 266 g/mol. The van der Waals surface area contributed by atoms with Gasteiger partial charge in [0.25, 0.3) is 0 Å². The van der Waals surface area contributed by atoms with Crippen LogP contribution in [0.25, 0.3) is 0 Å². The lowest BCUT2D eigenvalue weighted by atomic mass is 9.80. The molecule has 2 heterocycles. The first kappa shape index (κ1) is 14.5. The molecule has 1 aromatic rings. The highest BCUT2D eigenvalue weighted by atomic mass is 16.5. The molecular weight excluding hydrogens is 240 g/mol. The van der Waals surface area contributed by atoms with E-state index < -0.39 is 0 Å². The maximum absolute atomic E-state index is 6.15. The Morgan fingerprint density at radius 2 is 2.11 bits per heavy atom. The van der Waals surface area contributed by atoms with Gasteiger partial charge in [-0.05, 0) is 11.8 Å². The Morgan fingerprint density at radius 1 is 1.42 bits per heavy atom. The van der Waals surface area contributed by atoms with E-state index in [0.29, 0.717) is 5.89 Å². The van der Waals surface area contributed by atoms with Crippen LogP contribution >= 0.6 is 0 Å². The third kappa shape index (κ3) is 3.34. The van der Waals surface area contributed by atoms with Gasteiger partial charge in [0, 0.05) is 24.5 Å². The minimum Gasteiger partial charge on any atom is -0.338 e. The Balaban J connectivity index is 2.00. The van der Waals surface area contributed by atoms with Gasteiger partial charge < -0.3 is 10.3 Å². The summed E-state index contributed by atoms with van der Waals surface area (Å²) < 4.78 is 5.35. The molecule has 19 heavy (non-hydrogen) atoms. The largest absolute Gasteiger partial charge is 0.338 e. The van der Waals surface area contributed by atoms with E-state index in [2.05, 4.69) is 49.7 Å². The summed E-state index contributed by atoms with van der Waals surface area (Å²) in [7, 11) is 0. The van der Waals surface area contributed by atoms with Gasteiger partial charge in [-0.1, -0.05) is 39.8 Å². The normalized spacial score (nSPS) is 24.6. The molecule has 0 aliphatic carbocycles. The van der Waals surface area contributed by atoms with Gasteiger partial charge in [-0.2, -0.15) is 4.98 Å². The van der Waals surface area contributed by atoms with E-state index in [9.17, 15) is 0 Å². The molecule has 1 atom stereocenters. The monoisotopic (exact) mass is 266 g/mol. The number of piperidine rings is 1. The Bertz CT molecular complexity index is 433. The molecule has 1 unspecified atom stereocenters. The fourth-order valence-electron chi connectivity index (χ4n) is 2.43. The summed E-state index contributed by atoms with van der Waals surface area (Å²) in [6, 6.07) is 0.275. The summed E-state index contributed by atoms with van der Waals surface area (Å²) in [5, 5.41) is 4.07. The maximum Gasteiger partial charge on any atom is 0.240 e. The number of likely N-dealkylation sites (tertiary alicyclic amines) is 1. The van der Waals surface area contributed by atoms with Crippen molar-refractivity contribution in [1.82, 2.24) is 15.0 Å². The van der Waals surface area contributed by atoms with Crippen LogP contribution in [0.1, 0.15) is 52.8 Å². The molecule has 2 rings (SSSR count). The van der Waals surface area contributed by atoms with Crippen molar-refractivity contribution in [3.63, 3.8) is 0 Å². The fraction of sp³-hybridized carbons (Fsp3) is 0.857. The highest BCUT2D eigenvalue weighted by Gasteiger charge is 2.34. The number of nitrogens with two attached hydrogens (primary N) is 1. The van der Waals surface area contributed by atoms with Crippen LogP contribution in [0.3, 0.4) is 0 Å². The zero-order chi connectivity index (χ0) is 14.3. The SMILES string of the molecule is CC(C)(C)c1noc(CN2CCC(N)C(C)(C)C2)n1. The van der Waals surface area contributed by atoms with E-state index in [1.165, 1.54) is 0 Å². The van der Waals surface area contributed by atoms with Crippen molar-refractivity contribution in [2.24, 2.45) is 11.1 Å². The lowest BCUT2D eigenvalue weighted by Crippen LogP contribution is -2.52. The van der Waals surface area contributed by atoms with Gasteiger partial charge in [-0.3, -0.25) is 4.90 Å². The number of nitrogens with zero attached hydrogens (tertiary/aromatic N) is 3. The van der Waals surface area contributed by atoms with Crippen molar-refractivity contribution >= 4 is 0 Å². The lowest BCUT2D eigenvalue weighted by molar-refractivity contribution is 0.0811. The number of hydrogen-bond acceptors (Lipinski definition) is 5. The van der Waals surface area contributed by atoms with Crippen LogP contribution in [0.4, 0.5) is 0 Å². The Hall–Kier alpha value is -0.940. The predicted molar refractivity (Wildman–Crippen MR) is 74.6 cm³/mol. The van der Waals surface area contributed by atoms with Gasteiger partial charge in [-0.25, -0.2) is 0 Å². The van der Waals surface area contributed by atoms with Gasteiger partial charge >= 0.3 is 0 Å². The van der Waals surface area contributed by atoms with Gasteiger partial charge in [-0.15, -0.1) is 0 Å². The molecule has 1 aliphatic heterocycles. The standard InChI is InChI=1S/C14H26N4O/c1-13(2,3)12-16-11(19-17-12)8-18-7-6-10(15)14(4,5)9-18/h10H,6-9,15H2,1-5H3. The van der Waals surface area contributed by atoms with E-state index >= 15 is 0 Å². The third-order valence-electron chi connectivity index (χ3n) is 3.89. The van der Waals surface area contributed by atoms with Gasteiger partial charge in [0.05, 0.1) is 6.54 Å². The summed E-state index contributed by atoms with van der Waals surface area (Å²) in [4.78, 5) is 6.84. The molecule has 0 radical (unpaired) electrons. The highest BCUT2D eigenvalue weighted by Crippen LogP contribution is 2.28. The van der Waals surface area contributed by atoms with E-state index in [-0.39, 0.29) is 16.9 Å². The van der Waals surface area contributed by atoms with Gasteiger partial charge in [0.1, 0.15) is 0 Å². The summed E-state index contributed by atoms with van der Waals surface area (Å²) in [6.07, 6.45) is 1.02. The molecule has 1 aromatic heterocycles. The molecule has 5 nitrogen and oxygen atoms in total. The summed E-state index contributed by atoms with van der Waals surface area (Å²) in [6.45, 7) is 13.4. The second kappa shape index (κ2) is 4.87. The second-order valence-electron chi connectivity index (χ2n) is 7.36. The van der Waals surface area contributed by atoms with E-state index in [4.69, 9.17) is 10.3 Å². The van der Waals surface area contributed by atoms with Crippen molar-refractivity contribution in [3.05, 3.63) is 11.7 Å². The van der Waals surface area contributed by atoms with Crippen LogP contribution in [0.2, 0.25) is 0 Å². The molecule has 108 valence electrons. The van der Waals surface area contributed by atoms with Crippen LogP contribution in [0, 0.1) is 5.41 Å². The molecule has 1 fully saturated rings. The molecular formula is C14H26N4O. The van der Waals surface area contributed by atoms with Crippen molar-refractivity contribution in [1.29, 1.82) is 0 Å². The first-order valence-corrected chi connectivity index (χ1v) is 6.99. The Labute approximate surface area is 115 Å². The van der Waals surface area contributed by atoms with Crippen LogP contribution < -0.4 is 5.73 Å². The van der Waals surface area contributed by atoms with Gasteiger partial charge in [0.15, 0.2) is 5.82 Å². The zero-order valence-electron chi connectivity index (χ0n) is 12.7. The van der Waals surface area contributed by atoms with E-state index in [1.807, 2.05) is 0 Å². The van der Waals surface area contributed by atoms with Crippen molar-refractivity contribution < 1.29 is 4.52 Å². The average Bonchev–Trinajstić information content (AvgIpc) is 2.71. The Morgan fingerprint density at radius 3 is 2.63 bits per heavy atom. The Kier molecular flexibility index (Phi) is 3.71. The first-order chi connectivity index (χ1) is 8.68. The summed E-state index contributed by atoms with van der Waals surface area (Å²) in [5.74, 6) is 1.48. The molecule has 0 saturated carbocycles. The molecule has 0 aromatic carbocycles. The number of hydrogen-bond donors (Lipinski definition) is 1. The van der Waals surface area contributed by atoms with Crippen LogP contribution in [0.5, 0.6) is 0 Å².